The maximum Gasteiger partial charge on any atom is 0.237 e. The molecule has 0 aromatic carbocycles. The average Bonchev–Trinajstić information content (AvgIpc) is 2.64. The van der Waals surface area contributed by atoms with Crippen molar-refractivity contribution in [3.05, 3.63) is 0 Å². The van der Waals surface area contributed by atoms with E-state index in [4.69, 9.17) is 10.5 Å². The standard InChI is InChI=1S/C10H19N3O3/c1-6(3-9(11)14)13-10(15)8-4-7(16-2)5-12-8/h6-8,12H,3-5H2,1-2H3,(H2,11,14)(H,13,15). The number of rotatable bonds is 5. The number of hydrogen-bond acceptors (Lipinski definition) is 4. The van der Waals surface area contributed by atoms with Crippen molar-refractivity contribution in [3.63, 3.8) is 0 Å². The van der Waals surface area contributed by atoms with Crippen LogP contribution in [0.5, 0.6) is 0 Å². The molecule has 1 aliphatic rings. The maximum absolute atomic E-state index is 11.7. The highest BCUT2D eigenvalue weighted by molar-refractivity contribution is 5.83. The average molecular weight is 229 g/mol. The summed E-state index contributed by atoms with van der Waals surface area (Å²) in [4.78, 5) is 22.4. The van der Waals surface area contributed by atoms with Gasteiger partial charge in [-0.3, -0.25) is 9.59 Å². The van der Waals surface area contributed by atoms with Crippen LogP contribution in [0.4, 0.5) is 0 Å². The SMILES string of the molecule is COC1CNC(C(=O)NC(C)CC(N)=O)C1. The largest absolute Gasteiger partial charge is 0.380 e. The van der Waals surface area contributed by atoms with E-state index in [1.165, 1.54) is 0 Å². The molecule has 16 heavy (non-hydrogen) atoms. The molecule has 1 aliphatic heterocycles. The number of primary amides is 1. The van der Waals surface area contributed by atoms with Gasteiger partial charge in [0, 0.05) is 26.1 Å². The number of carbonyl (C=O) groups is 2. The first-order chi connectivity index (χ1) is 7.52. The molecule has 0 aromatic rings. The molecule has 1 fully saturated rings. The van der Waals surface area contributed by atoms with Crippen molar-refractivity contribution < 1.29 is 14.3 Å². The van der Waals surface area contributed by atoms with E-state index in [9.17, 15) is 9.59 Å². The molecule has 3 atom stereocenters. The predicted molar refractivity (Wildman–Crippen MR) is 58.6 cm³/mol. The molecule has 0 radical (unpaired) electrons. The zero-order valence-corrected chi connectivity index (χ0v) is 9.66. The van der Waals surface area contributed by atoms with Crippen molar-refractivity contribution >= 4 is 11.8 Å². The number of nitrogens with two attached hydrogens (primary N) is 1. The minimum absolute atomic E-state index is 0.0854. The number of methoxy groups -OCH3 is 1. The Kier molecular flexibility index (Phi) is 4.70. The Balaban J connectivity index is 2.33. The van der Waals surface area contributed by atoms with Gasteiger partial charge in [-0.05, 0) is 13.3 Å². The Bertz CT molecular complexity index is 270. The minimum Gasteiger partial charge on any atom is -0.380 e. The van der Waals surface area contributed by atoms with Gasteiger partial charge in [-0.15, -0.1) is 0 Å². The number of ether oxygens (including phenoxy) is 1. The van der Waals surface area contributed by atoms with Gasteiger partial charge >= 0.3 is 0 Å². The lowest BCUT2D eigenvalue weighted by atomic mass is 10.1. The molecule has 0 saturated carbocycles. The molecule has 1 rings (SSSR count). The number of nitrogens with one attached hydrogen (secondary N) is 2. The molecule has 1 heterocycles. The van der Waals surface area contributed by atoms with E-state index in [2.05, 4.69) is 10.6 Å². The van der Waals surface area contributed by atoms with Crippen molar-refractivity contribution in [2.75, 3.05) is 13.7 Å². The van der Waals surface area contributed by atoms with Gasteiger partial charge in [0.1, 0.15) is 0 Å². The highest BCUT2D eigenvalue weighted by atomic mass is 16.5. The molecule has 92 valence electrons. The second-order valence-electron chi connectivity index (χ2n) is 4.13. The molecule has 6 heteroatoms. The molecular formula is C10H19N3O3. The molecule has 1 saturated heterocycles. The lowest BCUT2D eigenvalue weighted by Gasteiger charge is -2.15. The summed E-state index contributed by atoms with van der Waals surface area (Å²) in [5, 5.41) is 5.80. The van der Waals surface area contributed by atoms with E-state index in [0.29, 0.717) is 13.0 Å². The van der Waals surface area contributed by atoms with E-state index in [-0.39, 0.29) is 30.5 Å². The van der Waals surface area contributed by atoms with E-state index < -0.39 is 5.91 Å². The van der Waals surface area contributed by atoms with Crippen LogP contribution in [0.25, 0.3) is 0 Å². The van der Waals surface area contributed by atoms with Crippen molar-refractivity contribution in [2.24, 2.45) is 5.73 Å². The predicted octanol–water partition coefficient (Wildman–Crippen LogP) is -1.26. The van der Waals surface area contributed by atoms with Crippen molar-refractivity contribution in [2.45, 2.75) is 38.0 Å². The summed E-state index contributed by atoms with van der Waals surface area (Å²) >= 11 is 0. The molecular weight excluding hydrogens is 210 g/mol. The van der Waals surface area contributed by atoms with E-state index in [1.54, 1.807) is 14.0 Å². The molecule has 2 amide bonds. The van der Waals surface area contributed by atoms with Gasteiger partial charge in [-0.1, -0.05) is 0 Å². The van der Waals surface area contributed by atoms with Crippen molar-refractivity contribution in [3.8, 4) is 0 Å². The Morgan fingerprint density at radius 3 is 2.81 bits per heavy atom. The Morgan fingerprint density at radius 1 is 1.62 bits per heavy atom. The Hall–Kier alpha value is -1.14. The van der Waals surface area contributed by atoms with Crippen LogP contribution < -0.4 is 16.4 Å². The van der Waals surface area contributed by atoms with E-state index >= 15 is 0 Å². The van der Waals surface area contributed by atoms with Crippen LogP contribution >= 0.6 is 0 Å². The third-order valence-electron chi connectivity index (χ3n) is 2.64. The molecule has 6 nitrogen and oxygen atoms in total. The van der Waals surface area contributed by atoms with Crippen molar-refractivity contribution in [1.82, 2.24) is 10.6 Å². The third kappa shape index (κ3) is 3.79. The number of hydrogen-bond donors (Lipinski definition) is 3. The highest BCUT2D eigenvalue weighted by Gasteiger charge is 2.29. The lowest BCUT2D eigenvalue weighted by molar-refractivity contribution is -0.124. The van der Waals surface area contributed by atoms with Gasteiger partial charge in [0.25, 0.3) is 0 Å². The third-order valence-corrected chi connectivity index (χ3v) is 2.64. The maximum atomic E-state index is 11.7. The quantitative estimate of drug-likeness (QED) is 0.548. The first kappa shape index (κ1) is 12.9. The molecule has 0 spiro atoms. The van der Waals surface area contributed by atoms with Gasteiger partial charge in [0.15, 0.2) is 0 Å². The van der Waals surface area contributed by atoms with Gasteiger partial charge < -0.3 is 21.1 Å². The van der Waals surface area contributed by atoms with Crippen LogP contribution in [0.1, 0.15) is 19.8 Å². The van der Waals surface area contributed by atoms with Crippen LogP contribution in [0.15, 0.2) is 0 Å². The summed E-state index contributed by atoms with van der Waals surface area (Å²) in [6.45, 7) is 2.43. The summed E-state index contributed by atoms with van der Waals surface area (Å²) < 4.78 is 5.14. The summed E-state index contributed by atoms with van der Waals surface area (Å²) in [5.41, 5.74) is 5.04. The summed E-state index contributed by atoms with van der Waals surface area (Å²) in [6.07, 6.45) is 0.903. The molecule has 3 unspecified atom stereocenters. The fourth-order valence-electron chi connectivity index (χ4n) is 1.78. The number of carbonyl (C=O) groups excluding carboxylic acids is 2. The Morgan fingerprint density at radius 2 is 2.31 bits per heavy atom. The second kappa shape index (κ2) is 5.81. The van der Waals surface area contributed by atoms with Gasteiger partial charge in [-0.25, -0.2) is 0 Å². The second-order valence-corrected chi connectivity index (χ2v) is 4.13. The zero-order chi connectivity index (χ0) is 12.1. The van der Waals surface area contributed by atoms with Crippen LogP contribution in [0, 0.1) is 0 Å². The summed E-state index contributed by atoms with van der Waals surface area (Å²) in [7, 11) is 1.63. The first-order valence-electron chi connectivity index (χ1n) is 5.37. The van der Waals surface area contributed by atoms with E-state index in [0.717, 1.165) is 0 Å². The van der Waals surface area contributed by atoms with Gasteiger partial charge in [-0.2, -0.15) is 0 Å². The normalized spacial score (nSPS) is 26.4. The van der Waals surface area contributed by atoms with Crippen LogP contribution in [0.2, 0.25) is 0 Å². The first-order valence-corrected chi connectivity index (χ1v) is 5.37. The van der Waals surface area contributed by atoms with E-state index in [1.807, 2.05) is 0 Å². The monoisotopic (exact) mass is 229 g/mol. The lowest BCUT2D eigenvalue weighted by Crippen LogP contribution is -2.45. The van der Waals surface area contributed by atoms with Gasteiger partial charge in [0.05, 0.1) is 12.1 Å². The van der Waals surface area contributed by atoms with Crippen LogP contribution in [0.3, 0.4) is 0 Å². The Labute approximate surface area is 94.9 Å². The fraction of sp³-hybridized carbons (Fsp3) is 0.800. The smallest absolute Gasteiger partial charge is 0.237 e. The fourth-order valence-corrected chi connectivity index (χ4v) is 1.78. The molecule has 4 N–H and O–H groups in total. The van der Waals surface area contributed by atoms with Gasteiger partial charge in [0.2, 0.25) is 11.8 Å². The van der Waals surface area contributed by atoms with Crippen LogP contribution in [-0.4, -0.2) is 43.7 Å². The minimum atomic E-state index is -0.415. The summed E-state index contributed by atoms with van der Waals surface area (Å²) in [6, 6.07) is -0.464. The van der Waals surface area contributed by atoms with Crippen molar-refractivity contribution in [1.29, 1.82) is 0 Å². The van der Waals surface area contributed by atoms with Crippen LogP contribution in [-0.2, 0) is 14.3 Å². The number of amides is 2. The summed E-state index contributed by atoms with van der Waals surface area (Å²) in [5.74, 6) is -0.518. The molecule has 0 aliphatic carbocycles. The molecule has 0 aromatic heterocycles. The molecule has 0 bridgehead atoms. The topological polar surface area (TPSA) is 93.4 Å². The zero-order valence-electron chi connectivity index (χ0n) is 9.66. The highest BCUT2D eigenvalue weighted by Crippen LogP contribution is 2.09.